The van der Waals surface area contributed by atoms with Crippen molar-refractivity contribution in [1.82, 2.24) is 15.6 Å². The average Bonchev–Trinajstić information content (AvgIpc) is 3.15. The number of hydrogen-bond acceptors (Lipinski definition) is 6. The summed E-state index contributed by atoms with van der Waals surface area (Å²) >= 11 is 0.958. The summed E-state index contributed by atoms with van der Waals surface area (Å²) in [6, 6.07) is 6.35. The molecule has 0 aliphatic rings. The molecule has 158 valence electrons. The van der Waals surface area contributed by atoms with Crippen LogP contribution < -0.4 is 16.0 Å². The zero-order valence-corrected chi connectivity index (χ0v) is 16.4. The first-order valence-electron chi connectivity index (χ1n) is 8.82. The van der Waals surface area contributed by atoms with E-state index in [0.29, 0.717) is 42.7 Å². The average molecular weight is 430 g/mol. The molecule has 0 fully saturated rings. The molecule has 8 nitrogen and oxygen atoms in total. The van der Waals surface area contributed by atoms with Crippen molar-refractivity contribution in [2.45, 2.75) is 19.5 Å². The lowest BCUT2D eigenvalue weighted by molar-refractivity contribution is -0.384. The van der Waals surface area contributed by atoms with Gasteiger partial charge >= 0.3 is 6.18 Å². The molecule has 2 aromatic rings. The van der Waals surface area contributed by atoms with Gasteiger partial charge in [-0.1, -0.05) is 12.1 Å². The number of hydrogen-bond donors (Lipinski definition) is 3. The van der Waals surface area contributed by atoms with Crippen molar-refractivity contribution in [2.24, 2.45) is 4.99 Å². The zero-order valence-electron chi connectivity index (χ0n) is 15.6. The number of anilines is 1. The van der Waals surface area contributed by atoms with Gasteiger partial charge in [-0.2, -0.15) is 13.2 Å². The maximum atomic E-state index is 12.6. The molecule has 0 unspecified atom stereocenters. The highest BCUT2D eigenvalue weighted by molar-refractivity contribution is 7.09. The summed E-state index contributed by atoms with van der Waals surface area (Å²) in [7, 11) is 0. The second kappa shape index (κ2) is 10.6. The van der Waals surface area contributed by atoms with E-state index >= 15 is 0 Å². The molecule has 0 spiro atoms. The smallest absolute Gasteiger partial charge is 0.378 e. The fraction of sp³-hybridized carbons (Fsp3) is 0.412. The molecule has 0 bridgehead atoms. The topological polar surface area (TPSA) is 104 Å². The van der Waals surface area contributed by atoms with Crippen LogP contribution in [0, 0.1) is 10.1 Å². The molecule has 3 N–H and O–H groups in total. The lowest BCUT2D eigenvalue weighted by Gasteiger charge is -2.12. The summed E-state index contributed by atoms with van der Waals surface area (Å²) in [6.45, 7) is 3.62. The van der Waals surface area contributed by atoms with E-state index in [4.69, 9.17) is 0 Å². The highest BCUT2D eigenvalue weighted by Gasteiger charge is 2.33. The van der Waals surface area contributed by atoms with Crippen molar-refractivity contribution in [3.05, 3.63) is 50.5 Å². The van der Waals surface area contributed by atoms with E-state index in [9.17, 15) is 23.3 Å². The van der Waals surface area contributed by atoms with Gasteiger partial charge in [0.15, 0.2) is 11.7 Å². The van der Waals surface area contributed by atoms with Gasteiger partial charge in [0, 0.05) is 44.0 Å². The molecule has 1 aromatic heterocycles. The second-order valence-electron chi connectivity index (χ2n) is 5.76. The van der Waals surface area contributed by atoms with E-state index in [2.05, 4.69) is 25.9 Å². The third kappa shape index (κ3) is 7.22. The minimum atomic E-state index is -4.44. The minimum absolute atomic E-state index is 0.00486. The second-order valence-corrected chi connectivity index (χ2v) is 6.71. The minimum Gasteiger partial charge on any atom is -0.378 e. The number of aromatic nitrogens is 1. The predicted molar refractivity (Wildman–Crippen MR) is 106 cm³/mol. The molecule has 0 radical (unpaired) electrons. The highest BCUT2D eigenvalue weighted by Crippen LogP contribution is 2.30. The summed E-state index contributed by atoms with van der Waals surface area (Å²) in [6.07, 6.45) is -4.14. The Morgan fingerprint density at radius 1 is 1.28 bits per heavy atom. The van der Waals surface area contributed by atoms with E-state index in [1.165, 1.54) is 6.07 Å². The van der Waals surface area contributed by atoms with Crippen LogP contribution in [0.5, 0.6) is 0 Å². The van der Waals surface area contributed by atoms with Gasteiger partial charge in [-0.25, -0.2) is 4.98 Å². The summed E-state index contributed by atoms with van der Waals surface area (Å²) in [5.74, 6) is 0.504. The van der Waals surface area contributed by atoms with Crippen molar-refractivity contribution in [2.75, 3.05) is 31.5 Å². The Balaban J connectivity index is 1.82. The van der Waals surface area contributed by atoms with E-state index in [1.807, 2.05) is 6.92 Å². The van der Waals surface area contributed by atoms with Crippen molar-refractivity contribution >= 4 is 28.7 Å². The molecular formula is C17H21F3N6O2S. The first-order chi connectivity index (χ1) is 13.8. The van der Waals surface area contributed by atoms with Crippen LogP contribution in [0.2, 0.25) is 0 Å². The van der Waals surface area contributed by atoms with Crippen LogP contribution in [0.1, 0.15) is 17.6 Å². The van der Waals surface area contributed by atoms with Crippen LogP contribution in [-0.2, 0) is 12.6 Å². The number of benzene rings is 1. The molecule has 0 amide bonds. The Kier molecular flexibility index (Phi) is 8.19. The Morgan fingerprint density at radius 3 is 2.69 bits per heavy atom. The van der Waals surface area contributed by atoms with Gasteiger partial charge in [0.1, 0.15) is 5.69 Å². The van der Waals surface area contributed by atoms with Crippen molar-refractivity contribution < 1.29 is 18.1 Å². The largest absolute Gasteiger partial charge is 0.434 e. The third-order valence-corrected chi connectivity index (χ3v) is 4.52. The Labute approximate surface area is 169 Å². The van der Waals surface area contributed by atoms with Crippen molar-refractivity contribution in [3.8, 4) is 0 Å². The van der Waals surface area contributed by atoms with E-state index in [-0.39, 0.29) is 12.2 Å². The van der Waals surface area contributed by atoms with Crippen LogP contribution in [-0.4, -0.2) is 42.0 Å². The van der Waals surface area contributed by atoms with E-state index < -0.39 is 16.8 Å². The molecule has 2 rings (SSSR count). The molecular weight excluding hydrogens is 409 g/mol. The number of rotatable bonds is 9. The van der Waals surface area contributed by atoms with Crippen LogP contribution in [0.25, 0.3) is 0 Å². The zero-order chi connectivity index (χ0) is 21.3. The Hall–Kier alpha value is -2.89. The van der Waals surface area contributed by atoms with Crippen LogP contribution in [0.4, 0.5) is 24.5 Å². The molecule has 1 aromatic carbocycles. The normalized spacial score (nSPS) is 11.9. The summed E-state index contributed by atoms with van der Waals surface area (Å²) < 4.78 is 37.7. The van der Waals surface area contributed by atoms with Crippen LogP contribution in [0.3, 0.4) is 0 Å². The number of halogens is 3. The lowest BCUT2D eigenvalue weighted by Crippen LogP contribution is -2.39. The van der Waals surface area contributed by atoms with Gasteiger partial charge in [0.05, 0.1) is 9.93 Å². The molecule has 0 aliphatic carbocycles. The fourth-order valence-electron chi connectivity index (χ4n) is 2.32. The number of para-hydroxylation sites is 2. The van der Waals surface area contributed by atoms with Crippen LogP contribution >= 0.6 is 11.3 Å². The van der Waals surface area contributed by atoms with Gasteiger partial charge in [-0.15, -0.1) is 11.3 Å². The monoisotopic (exact) mass is 430 g/mol. The molecule has 0 saturated heterocycles. The van der Waals surface area contributed by atoms with Crippen molar-refractivity contribution in [1.29, 1.82) is 0 Å². The number of guanidine groups is 1. The molecule has 0 atom stereocenters. The lowest BCUT2D eigenvalue weighted by atomic mass is 10.2. The van der Waals surface area contributed by atoms with Gasteiger partial charge in [-0.05, 0) is 13.0 Å². The number of nitro benzene ring substituents is 1. The fourth-order valence-corrected chi connectivity index (χ4v) is 3.12. The molecule has 0 saturated carbocycles. The van der Waals surface area contributed by atoms with Gasteiger partial charge in [-0.3, -0.25) is 15.1 Å². The molecule has 0 aliphatic heterocycles. The maximum absolute atomic E-state index is 12.6. The first-order valence-corrected chi connectivity index (χ1v) is 9.70. The maximum Gasteiger partial charge on any atom is 0.434 e. The molecule has 29 heavy (non-hydrogen) atoms. The molecule has 12 heteroatoms. The van der Waals surface area contributed by atoms with E-state index in [1.54, 1.807) is 18.2 Å². The van der Waals surface area contributed by atoms with Crippen molar-refractivity contribution in [3.63, 3.8) is 0 Å². The summed E-state index contributed by atoms with van der Waals surface area (Å²) in [5, 5.41) is 21.4. The molecule has 1 heterocycles. The number of nitrogens with one attached hydrogen (secondary N) is 3. The summed E-state index contributed by atoms with van der Waals surface area (Å²) in [4.78, 5) is 18.4. The standard InChI is InChI=1S/C17H21F3N6O2S/c1-2-21-16(23-8-7-15-25-14(11-29-15)17(18,19)20)24-10-9-22-12-5-3-4-6-13(12)26(27)28/h3-6,11,22H,2,7-10H2,1H3,(H2,21,23,24). The summed E-state index contributed by atoms with van der Waals surface area (Å²) in [5.41, 5.74) is -0.465. The van der Waals surface area contributed by atoms with Gasteiger partial charge in [0.25, 0.3) is 5.69 Å². The van der Waals surface area contributed by atoms with Gasteiger partial charge in [0.2, 0.25) is 0 Å². The number of alkyl halides is 3. The third-order valence-electron chi connectivity index (χ3n) is 3.62. The highest BCUT2D eigenvalue weighted by atomic mass is 32.1. The quantitative estimate of drug-likeness (QED) is 0.185. The Morgan fingerprint density at radius 2 is 2.03 bits per heavy atom. The number of nitrogens with zero attached hydrogens (tertiary/aromatic N) is 3. The first kappa shape index (κ1) is 22.4. The Bertz CT molecular complexity index is 841. The van der Waals surface area contributed by atoms with Gasteiger partial charge < -0.3 is 16.0 Å². The number of thiazole rings is 1. The predicted octanol–water partition coefficient (Wildman–Crippen LogP) is 3.28. The SMILES string of the molecule is CCNC(=NCCc1nc(C(F)(F)F)cs1)NCCNc1ccccc1[N+](=O)[O-]. The number of nitro groups is 1. The van der Waals surface area contributed by atoms with E-state index in [0.717, 1.165) is 16.7 Å². The number of aliphatic imine (C=N–C) groups is 1. The van der Waals surface area contributed by atoms with Crippen LogP contribution in [0.15, 0.2) is 34.6 Å².